The summed E-state index contributed by atoms with van der Waals surface area (Å²) in [6.45, 7) is 4.11. The van der Waals surface area contributed by atoms with Crippen molar-refractivity contribution in [3.05, 3.63) is 84.2 Å². The molecule has 0 N–H and O–H groups in total. The lowest BCUT2D eigenvalue weighted by molar-refractivity contribution is 0.0362. The minimum atomic E-state index is -0.417. The van der Waals surface area contributed by atoms with Crippen molar-refractivity contribution in [1.29, 1.82) is 5.26 Å². The monoisotopic (exact) mass is 532 g/mol. The third-order valence-electron chi connectivity index (χ3n) is 6.11. The van der Waals surface area contributed by atoms with Crippen LogP contribution in [0.4, 0.5) is 0 Å². The predicted molar refractivity (Wildman–Crippen MR) is 144 cm³/mol. The normalized spacial score (nSPS) is 15.5. The van der Waals surface area contributed by atoms with Crippen molar-refractivity contribution in [2.45, 2.75) is 6.54 Å². The van der Waals surface area contributed by atoms with Crippen LogP contribution in [0.5, 0.6) is 0 Å². The molecule has 8 nitrogen and oxygen atoms in total. The van der Waals surface area contributed by atoms with Gasteiger partial charge in [-0.1, -0.05) is 24.3 Å². The van der Waals surface area contributed by atoms with Gasteiger partial charge >= 0.3 is 5.97 Å². The Balaban J connectivity index is 1.62. The number of nitriles is 1. The minimum absolute atomic E-state index is 0.154. The predicted octanol–water partition coefficient (Wildman–Crippen LogP) is 2.19. The number of benzene rings is 2. The molecule has 0 amide bonds. The highest BCUT2D eigenvalue weighted by molar-refractivity contribution is 7.19. The van der Waals surface area contributed by atoms with Crippen molar-refractivity contribution in [1.82, 2.24) is 14.5 Å². The average Bonchev–Trinajstić information content (AvgIpc) is 3.49. The molecule has 188 valence electrons. The first kappa shape index (κ1) is 25.0. The standard InChI is InChI=1S/C27H24N4O4S2/c1-34-27(33)19-8-6-18(7-9-19)16-23-25(32)31(11-10-30-12-14-35-15-13-30)26(37-23)20(17-28)24-29-21-4-2-3-5-22(21)36-24/h2-9,16H,10-15H2,1H3/b23-16-,26-20-. The number of esters is 1. The number of rotatable bonds is 6. The molecular formula is C27H24N4O4S2. The number of carbonyl (C=O) groups is 1. The lowest BCUT2D eigenvalue weighted by atomic mass is 10.1. The first-order chi connectivity index (χ1) is 18.1. The van der Waals surface area contributed by atoms with E-state index in [0.29, 0.717) is 51.6 Å². The van der Waals surface area contributed by atoms with E-state index in [1.165, 1.54) is 29.8 Å². The maximum Gasteiger partial charge on any atom is 0.337 e. The van der Waals surface area contributed by atoms with E-state index >= 15 is 0 Å². The zero-order valence-electron chi connectivity index (χ0n) is 20.2. The van der Waals surface area contributed by atoms with Crippen molar-refractivity contribution in [2.75, 3.05) is 40.0 Å². The number of hydrogen-bond donors (Lipinski definition) is 0. The quantitative estimate of drug-likeness (QED) is 0.351. The van der Waals surface area contributed by atoms with Gasteiger partial charge in [0, 0.05) is 26.2 Å². The summed E-state index contributed by atoms with van der Waals surface area (Å²) in [6, 6.07) is 16.9. The van der Waals surface area contributed by atoms with Crippen LogP contribution in [0.2, 0.25) is 0 Å². The molecule has 5 rings (SSSR count). The van der Waals surface area contributed by atoms with Gasteiger partial charge in [0.2, 0.25) is 0 Å². The van der Waals surface area contributed by atoms with E-state index in [9.17, 15) is 14.9 Å². The number of aromatic nitrogens is 2. The van der Waals surface area contributed by atoms with Crippen molar-refractivity contribution in [3.8, 4) is 6.07 Å². The highest BCUT2D eigenvalue weighted by Crippen LogP contribution is 2.25. The molecule has 0 bridgehead atoms. The minimum Gasteiger partial charge on any atom is -0.465 e. The third-order valence-corrected chi connectivity index (χ3v) is 8.30. The van der Waals surface area contributed by atoms with Crippen LogP contribution in [0, 0.1) is 11.3 Å². The molecule has 0 atom stereocenters. The molecule has 1 aliphatic heterocycles. The summed E-state index contributed by atoms with van der Waals surface area (Å²) in [6.07, 6.45) is 1.79. The molecule has 4 aromatic rings. The summed E-state index contributed by atoms with van der Waals surface area (Å²) in [7, 11) is 1.34. The molecule has 0 saturated carbocycles. The average molecular weight is 533 g/mol. The molecule has 1 fully saturated rings. The van der Waals surface area contributed by atoms with Gasteiger partial charge in [-0.3, -0.25) is 14.3 Å². The Kier molecular flexibility index (Phi) is 7.58. The lowest BCUT2D eigenvalue weighted by Gasteiger charge is -2.26. The molecular weight excluding hydrogens is 508 g/mol. The van der Waals surface area contributed by atoms with Crippen LogP contribution >= 0.6 is 22.7 Å². The first-order valence-electron chi connectivity index (χ1n) is 11.8. The summed E-state index contributed by atoms with van der Waals surface area (Å²) in [5.41, 5.74) is 2.28. The lowest BCUT2D eigenvalue weighted by Crippen LogP contribution is -2.41. The van der Waals surface area contributed by atoms with E-state index in [1.807, 2.05) is 24.3 Å². The number of para-hydroxylation sites is 1. The van der Waals surface area contributed by atoms with Gasteiger partial charge in [-0.2, -0.15) is 5.26 Å². The van der Waals surface area contributed by atoms with Gasteiger partial charge in [-0.15, -0.1) is 22.7 Å². The summed E-state index contributed by atoms with van der Waals surface area (Å²) in [5.74, 6) is -0.417. The van der Waals surface area contributed by atoms with E-state index in [0.717, 1.165) is 28.9 Å². The van der Waals surface area contributed by atoms with Crippen molar-refractivity contribution >= 4 is 50.5 Å². The van der Waals surface area contributed by atoms with Crippen LogP contribution in [0.15, 0.2) is 53.3 Å². The van der Waals surface area contributed by atoms with Crippen LogP contribution in [0.3, 0.4) is 0 Å². The number of ether oxygens (including phenoxy) is 2. The largest absolute Gasteiger partial charge is 0.465 e. The molecule has 0 unspecified atom stereocenters. The number of hydrogen-bond acceptors (Lipinski definition) is 9. The molecule has 0 aliphatic carbocycles. The Bertz CT molecular complexity index is 1620. The van der Waals surface area contributed by atoms with Crippen molar-refractivity contribution < 1.29 is 14.3 Å². The fourth-order valence-electron chi connectivity index (χ4n) is 4.13. The van der Waals surface area contributed by atoms with Gasteiger partial charge in [0.25, 0.3) is 5.56 Å². The molecule has 2 aromatic carbocycles. The zero-order chi connectivity index (χ0) is 25.8. The fraction of sp³-hybridized carbons (Fsp3) is 0.259. The second-order valence-corrected chi connectivity index (χ2v) is 10.5. The van der Waals surface area contributed by atoms with Gasteiger partial charge in [-0.05, 0) is 35.9 Å². The summed E-state index contributed by atoms with van der Waals surface area (Å²) in [4.78, 5) is 32.3. The Hall–Kier alpha value is -3.62. The molecule has 10 heteroatoms. The molecule has 3 heterocycles. The number of nitrogens with zero attached hydrogens (tertiary/aromatic N) is 4. The maximum atomic E-state index is 13.6. The van der Waals surface area contributed by atoms with E-state index < -0.39 is 5.97 Å². The Morgan fingerprint density at radius 3 is 2.59 bits per heavy atom. The molecule has 2 aromatic heterocycles. The Morgan fingerprint density at radius 1 is 1.14 bits per heavy atom. The number of morpholine rings is 1. The zero-order valence-corrected chi connectivity index (χ0v) is 21.8. The van der Waals surface area contributed by atoms with Gasteiger partial charge in [0.05, 0.1) is 40.6 Å². The number of methoxy groups -OCH3 is 1. The van der Waals surface area contributed by atoms with Gasteiger partial charge < -0.3 is 9.47 Å². The van der Waals surface area contributed by atoms with Gasteiger partial charge in [0.1, 0.15) is 21.3 Å². The SMILES string of the molecule is COC(=O)c1ccc(/C=c2\s/c(=C(/C#N)c3nc4ccccc4s3)n(CCN3CCOCC3)c2=O)cc1. The Morgan fingerprint density at radius 2 is 1.89 bits per heavy atom. The number of carbonyl (C=O) groups excluding carboxylic acids is 1. The molecule has 0 spiro atoms. The van der Waals surface area contributed by atoms with E-state index in [1.54, 1.807) is 34.9 Å². The highest BCUT2D eigenvalue weighted by atomic mass is 32.1. The fourth-order valence-corrected chi connectivity index (χ4v) is 6.28. The smallest absolute Gasteiger partial charge is 0.337 e. The van der Waals surface area contributed by atoms with E-state index in [4.69, 9.17) is 9.47 Å². The van der Waals surface area contributed by atoms with Crippen molar-refractivity contribution in [2.24, 2.45) is 0 Å². The number of thiazole rings is 2. The van der Waals surface area contributed by atoms with Crippen LogP contribution in [0.1, 0.15) is 20.9 Å². The number of fused-ring (bicyclic) bond motifs is 1. The first-order valence-corrected chi connectivity index (χ1v) is 13.4. The molecule has 1 aliphatic rings. The molecule has 37 heavy (non-hydrogen) atoms. The van der Waals surface area contributed by atoms with Crippen LogP contribution < -0.4 is 14.8 Å². The van der Waals surface area contributed by atoms with Crippen molar-refractivity contribution in [3.63, 3.8) is 0 Å². The Labute approximate surface area is 220 Å². The van der Waals surface area contributed by atoms with Crippen LogP contribution in [0.25, 0.3) is 21.9 Å². The van der Waals surface area contributed by atoms with Gasteiger partial charge in [-0.25, -0.2) is 9.78 Å². The second-order valence-electron chi connectivity index (χ2n) is 8.41. The van der Waals surface area contributed by atoms with E-state index in [-0.39, 0.29) is 5.56 Å². The second kappa shape index (κ2) is 11.2. The van der Waals surface area contributed by atoms with E-state index in [2.05, 4.69) is 16.0 Å². The maximum absolute atomic E-state index is 13.6. The highest BCUT2D eigenvalue weighted by Gasteiger charge is 2.17. The third kappa shape index (κ3) is 5.40. The summed E-state index contributed by atoms with van der Waals surface area (Å²) in [5, 5.41) is 10.8. The summed E-state index contributed by atoms with van der Waals surface area (Å²) < 4.78 is 14.0. The van der Waals surface area contributed by atoms with Crippen LogP contribution in [-0.4, -0.2) is 60.4 Å². The van der Waals surface area contributed by atoms with Gasteiger partial charge in [0.15, 0.2) is 0 Å². The van der Waals surface area contributed by atoms with Crippen LogP contribution in [-0.2, 0) is 16.0 Å². The topological polar surface area (TPSA) is 97.4 Å². The summed E-state index contributed by atoms with van der Waals surface area (Å²) >= 11 is 2.73. The molecule has 1 saturated heterocycles. The molecule has 0 radical (unpaired) electrons.